The van der Waals surface area contributed by atoms with Gasteiger partial charge in [0.1, 0.15) is 0 Å². The first-order valence-electron chi connectivity index (χ1n) is 24.0. The fourth-order valence-corrected chi connectivity index (χ4v) is 7.96. The standard InChI is InChI=1S/C48H96N2O3/c1-7-11-15-17-19-21-23-29-37-46(50(47(51)39-32-34-42-49(5)6)43-33-26-22-20-18-16-12-8-2)38-30-24-25-31-40-48(52)53-44-41-45(35-27-13-9-3)36-28-14-10-4/h45-46H,7-44H2,1-6H3. The summed E-state index contributed by atoms with van der Waals surface area (Å²) in [5.74, 6) is 1.10. The van der Waals surface area contributed by atoms with Crippen molar-refractivity contribution in [1.82, 2.24) is 9.80 Å². The molecule has 0 radical (unpaired) electrons. The molecule has 0 spiro atoms. The topological polar surface area (TPSA) is 49.9 Å². The molecule has 0 saturated carbocycles. The Bertz CT molecular complexity index is 762. The molecule has 5 nitrogen and oxygen atoms in total. The van der Waals surface area contributed by atoms with E-state index in [9.17, 15) is 9.59 Å². The van der Waals surface area contributed by atoms with Gasteiger partial charge in [-0.05, 0) is 71.5 Å². The molecular formula is C48H96N2O3. The molecule has 0 aromatic rings. The van der Waals surface area contributed by atoms with E-state index in [0.717, 1.165) is 77.3 Å². The van der Waals surface area contributed by atoms with Crippen molar-refractivity contribution in [3.8, 4) is 0 Å². The fraction of sp³-hybridized carbons (Fsp3) is 0.958. The molecule has 0 N–H and O–H groups in total. The number of hydrogen-bond donors (Lipinski definition) is 0. The maximum atomic E-state index is 13.8. The molecule has 5 heteroatoms. The van der Waals surface area contributed by atoms with Crippen molar-refractivity contribution >= 4 is 11.9 Å². The van der Waals surface area contributed by atoms with Crippen molar-refractivity contribution in [2.45, 2.75) is 258 Å². The molecule has 0 rings (SSSR count). The molecule has 0 aromatic carbocycles. The van der Waals surface area contributed by atoms with Crippen LogP contribution in [-0.4, -0.2) is 61.5 Å². The molecule has 1 atom stereocenters. The second kappa shape index (κ2) is 40.6. The molecule has 0 aliphatic rings. The molecular weight excluding hydrogens is 653 g/mol. The minimum absolute atomic E-state index is 0.00478. The number of carbonyl (C=O) groups excluding carboxylic acids is 2. The number of amides is 1. The summed E-state index contributed by atoms with van der Waals surface area (Å²) < 4.78 is 5.73. The third-order valence-electron chi connectivity index (χ3n) is 11.5. The van der Waals surface area contributed by atoms with Gasteiger partial charge in [-0.3, -0.25) is 9.59 Å². The van der Waals surface area contributed by atoms with Gasteiger partial charge in [-0.25, -0.2) is 0 Å². The first-order chi connectivity index (χ1) is 25.9. The Morgan fingerprint density at radius 2 is 0.830 bits per heavy atom. The number of rotatable bonds is 42. The summed E-state index contributed by atoms with van der Waals surface area (Å²) in [7, 11) is 4.25. The zero-order valence-electron chi connectivity index (χ0n) is 37.1. The average Bonchev–Trinajstić information content (AvgIpc) is 3.14. The van der Waals surface area contributed by atoms with Crippen LogP contribution in [0.25, 0.3) is 0 Å². The SMILES string of the molecule is CCCCCCCCCCC(CCCCCCC(=O)OCCC(CCCCC)CCCCC)N(CCCCCCCCCC)C(=O)CCCCN(C)C. The number of nitrogens with zero attached hydrogens (tertiary/aromatic N) is 2. The number of carbonyl (C=O) groups is 2. The van der Waals surface area contributed by atoms with E-state index < -0.39 is 0 Å². The van der Waals surface area contributed by atoms with Crippen LogP contribution in [0, 0.1) is 5.92 Å². The highest BCUT2D eigenvalue weighted by Crippen LogP contribution is 2.23. The Balaban J connectivity index is 5.00. The van der Waals surface area contributed by atoms with E-state index in [-0.39, 0.29) is 5.97 Å². The summed E-state index contributed by atoms with van der Waals surface area (Å²) in [6.07, 6.45) is 42.3. The molecule has 53 heavy (non-hydrogen) atoms. The van der Waals surface area contributed by atoms with Gasteiger partial charge in [0.05, 0.1) is 6.61 Å². The van der Waals surface area contributed by atoms with Gasteiger partial charge in [0.15, 0.2) is 0 Å². The largest absolute Gasteiger partial charge is 0.466 e. The maximum absolute atomic E-state index is 13.8. The lowest BCUT2D eigenvalue weighted by molar-refractivity contribution is -0.144. The maximum Gasteiger partial charge on any atom is 0.305 e. The zero-order chi connectivity index (χ0) is 39.0. The van der Waals surface area contributed by atoms with E-state index in [4.69, 9.17) is 4.74 Å². The van der Waals surface area contributed by atoms with Gasteiger partial charge < -0.3 is 14.5 Å². The van der Waals surface area contributed by atoms with Gasteiger partial charge in [0.2, 0.25) is 5.91 Å². The van der Waals surface area contributed by atoms with Crippen LogP contribution in [0.3, 0.4) is 0 Å². The van der Waals surface area contributed by atoms with Crippen LogP contribution in [0.2, 0.25) is 0 Å². The van der Waals surface area contributed by atoms with Crippen LogP contribution in [0.5, 0.6) is 0 Å². The van der Waals surface area contributed by atoms with E-state index in [1.807, 2.05) is 0 Å². The monoisotopic (exact) mass is 749 g/mol. The van der Waals surface area contributed by atoms with Crippen molar-refractivity contribution in [3.05, 3.63) is 0 Å². The molecule has 0 bridgehead atoms. The van der Waals surface area contributed by atoms with E-state index >= 15 is 0 Å². The molecule has 1 amide bonds. The lowest BCUT2D eigenvalue weighted by Crippen LogP contribution is -2.41. The third kappa shape index (κ3) is 35.1. The Hall–Kier alpha value is -1.10. The third-order valence-corrected chi connectivity index (χ3v) is 11.5. The molecule has 0 saturated heterocycles. The van der Waals surface area contributed by atoms with Crippen LogP contribution in [0.1, 0.15) is 252 Å². The van der Waals surface area contributed by atoms with E-state index in [0.29, 0.717) is 37.3 Å². The molecule has 316 valence electrons. The highest BCUT2D eigenvalue weighted by Gasteiger charge is 2.23. The van der Waals surface area contributed by atoms with Crippen LogP contribution in [0.4, 0.5) is 0 Å². The van der Waals surface area contributed by atoms with Crippen molar-refractivity contribution < 1.29 is 14.3 Å². The van der Waals surface area contributed by atoms with E-state index in [2.05, 4.69) is 51.6 Å². The van der Waals surface area contributed by atoms with Crippen molar-refractivity contribution in [1.29, 1.82) is 0 Å². The normalized spacial score (nSPS) is 12.2. The van der Waals surface area contributed by atoms with Crippen LogP contribution in [0.15, 0.2) is 0 Å². The predicted molar refractivity (Wildman–Crippen MR) is 233 cm³/mol. The zero-order valence-corrected chi connectivity index (χ0v) is 37.1. The van der Waals surface area contributed by atoms with E-state index in [1.54, 1.807) is 0 Å². The second-order valence-corrected chi connectivity index (χ2v) is 17.1. The average molecular weight is 749 g/mol. The number of hydrogen-bond acceptors (Lipinski definition) is 4. The summed E-state index contributed by atoms with van der Waals surface area (Å²) in [6.45, 7) is 11.7. The smallest absolute Gasteiger partial charge is 0.305 e. The van der Waals surface area contributed by atoms with Crippen molar-refractivity contribution in [2.24, 2.45) is 5.92 Å². The van der Waals surface area contributed by atoms with Crippen LogP contribution in [-0.2, 0) is 14.3 Å². The predicted octanol–water partition coefficient (Wildman–Crippen LogP) is 14.6. The van der Waals surface area contributed by atoms with Gasteiger partial charge >= 0.3 is 5.97 Å². The summed E-state index contributed by atoms with van der Waals surface area (Å²) >= 11 is 0. The Kier molecular flexibility index (Phi) is 39.7. The van der Waals surface area contributed by atoms with Crippen LogP contribution < -0.4 is 0 Å². The van der Waals surface area contributed by atoms with Gasteiger partial charge in [-0.2, -0.15) is 0 Å². The minimum atomic E-state index is -0.00478. The van der Waals surface area contributed by atoms with Crippen molar-refractivity contribution in [2.75, 3.05) is 33.8 Å². The molecule has 0 aliphatic carbocycles. The van der Waals surface area contributed by atoms with Gasteiger partial charge in [0, 0.05) is 25.4 Å². The van der Waals surface area contributed by atoms with Gasteiger partial charge in [-0.1, -0.05) is 195 Å². The minimum Gasteiger partial charge on any atom is -0.466 e. The lowest BCUT2D eigenvalue weighted by Gasteiger charge is -2.33. The number of unbranched alkanes of at least 4 members (excludes halogenated alkanes) is 22. The summed E-state index contributed by atoms with van der Waals surface area (Å²) in [6, 6.07) is 0.369. The second-order valence-electron chi connectivity index (χ2n) is 17.1. The van der Waals surface area contributed by atoms with Crippen molar-refractivity contribution in [3.63, 3.8) is 0 Å². The molecule has 0 aromatic heterocycles. The summed E-state index contributed by atoms with van der Waals surface area (Å²) in [5, 5.41) is 0. The molecule has 0 fully saturated rings. The molecule has 0 aliphatic heterocycles. The Morgan fingerprint density at radius 3 is 1.34 bits per heavy atom. The first kappa shape index (κ1) is 51.9. The summed E-state index contributed by atoms with van der Waals surface area (Å²) in [4.78, 5) is 31.0. The van der Waals surface area contributed by atoms with Gasteiger partial charge in [-0.15, -0.1) is 0 Å². The highest BCUT2D eigenvalue weighted by molar-refractivity contribution is 5.76. The lowest BCUT2D eigenvalue weighted by atomic mass is 9.92. The Labute approximate surface area is 333 Å². The molecule has 0 heterocycles. The Morgan fingerprint density at radius 1 is 0.434 bits per heavy atom. The number of ether oxygens (including phenoxy) is 1. The summed E-state index contributed by atoms with van der Waals surface area (Å²) in [5.41, 5.74) is 0. The first-order valence-corrected chi connectivity index (χ1v) is 24.0. The van der Waals surface area contributed by atoms with Crippen LogP contribution >= 0.6 is 0 Å². The van der Waals surface area contributed by atoms with Gasteiger partial charge in [0.25, 0.3) is 0 Å². The number of esters is 1. The quantitative estimate of drug-likeness (QED) is 0.0461. The van der Waals surface area contributed by atoms with E-state index in [1.165, 1.54) is 148 Å². The highest BCUT2D eigenvalue weighted by atomic mass is 16.5. The fourth-order valence-electron chi connectivity index (χ4n) is 7.96. The molecule has 1 unspecified atom stereocenters.